The zero-order valence-electron chi connectivity index (χ0n) is 17.0. The number of Topliss-reactive ketones (excluding diaryl/α,β-unsaturated/α-hetero) is 1. The molecule has 1 aliphatic rings. The third-order valence-corrected chi connectivity index (χ3v) is 7.60. The summed E-state index contributed by atoms with van der Waals surface area (Å²) in [5, 5.41) is 1.27. The Morgan fingerprint density at radius 2 is 2.14 bits per heavy atom. The minimum Gasteiger partial charge on any atom is -0.383 e. The standard InChI is InChI=1S/C21H25N3O3S2/c1-12-10-15(13(2)24(12)8-9-27-3)16(25)11-28-21-22-19(26)18-14-6-4-5-7-17(14)29-20(18)23-21/h10H,4-9,11H2,1-3H3,(H,22,23,26). The van der Waals surface area contributed by atoms with Gasteiger partial charge < -0.3 is 14.3 Å². The van der Waals surface area contributed by atoms with Crippen LogP contribution in [-0.2, 0) is 24.1 Å². The van der Waals surface area contributed by atoms with E-state index in [1.54, 1.807) is 18.4 Å². The Morgan fingerprint density at radius 1 is 1.34 bits per heavy atom. The van der Waals surface area contributed by atoms with E-state index in [0.29, 0.717) is 11.8 Å². The molecule has 8 heteroatoms. The molecule has 3 heterocycles. The summed E-state index contributed by atoms with van der Waals surface area (Å²) in [6, 6.07) is 1.93. The quantitative estimate of drug-likeness (QED) is 0.349. The van der Waals surface area contributed by atoms with Crippen LogP contribution in [0.4, 0.5) is 0 Å². The Bertz CT molecular complexity index is 1130. The molecule has 154 valence electrons. The third kappa shape index (κ3) is 3.93. The van der Waals surface area contributed by atoms with E-state index in [2.05, 4.69) is 14.5 Å². The van der Waals surface area contributed by atoms with E-state index in [1.165, 1.54) is 28.6 Å². The van der Waals surface area contributed by atoms with Gasteiger partial charge in [0.2, 0.25) is 0 Å². The maximum absolute atomic E-state index is 12.8. The van der Waals surface area contributed by atoms with Crippen LogP contribution in [0.5, 0.6) is 0 Å². The Kier molecular flexibility index (Phi) is 5.94. The summed E-state index contributed by atoms with van der Waals surface area (Å²) in [5.41, 5.74) is 3.82. The molecule has 6 nitrogen and oxygen atoms in total. The number of aryl methyl sites for hydroxylation is 3. The van der Waals surface area contributed by atoms with Gasteiger partial charge >= 0.3 is 0 Å². The van der Waals surface area contributed by atoms with Crippen LogP contribution < -0.4 is 5.56 Å². The van der Waals surface area contributed by atoms with E-state index in [0.717, 1.165) is 53.0 Å². The highest BCUT2D eigenvalue weighted by molar-refractivity contribution is 7.99. The molecule has 1 N–H and O–H groups in total. The van der Waals surface area contributed by atoms with Crippen LogP contribution in [-0.4, -0.2) is 39.8 Å². The highest BCUT2D eigenvalue weighted by atomic mass is 32.2. The molecule has 0 bridgehead atoms. The van der Waals surface area contributed by atoms with Crippen molar-refractivity contribution in [3.63, 3.8) is 0 Å². The highest BCUT2D eigenvalue weighted by Gasteiger charge is 2.21. The number of ketones is 1. The smallest absolute Gasteiger partial charge is 0.260 e. The van der Waals surface area contributed by atoms with E-state index in [1.807, 2.05) is 19.9 Å². The fourth-order valence-electron chi connectivity index (χ4n) is 4.03. The van der Waals surface area contributed by atoms with Crippen LogP contribution >= 0.6 is 23.1 Å². The number of rotatable bonds is 7. The number of nitrogens with zero attached hydrogens (tertiary/aromatic N) is 2. The van der Waals surface area contributed by atoms with Gasteiger partial charge in [0.05, 0.1) is 17.7 Å². The fraction of sp³-hybridized carbons (Fsp3) is 0.476. The molecule has 0 saturated carbocycles. The molecule has 0 radical (unpaired) electrons. The van der Waals surface area contributed by atoms with Crippen molar-refractivity contribution in [2.45, 2.75) is 51.2 Å². The van der Waals surface area contributed by atoms with Crippen molar-refractivity contribution in [3.05, 3.63) is 43.8 Å². The summed E-state index contributed by atoms with van der Waals surface area (Å²) in [5.74, 6) is 0.286. The SMILES string of the molecule is COCCn1c(C)cc(C(=O)CSc2nc3sc4c(c3c(=O)[nH]2)CCCC4)c1C. The van der Waals surface area contributed by atoms with E-state index in [-0.39, 0.29) is 17.1 Å². The topological polar surface area (TPSA) is 77.0 Å². The number of aromatic nitrogens is 3. The Labute approximate surface area is 177 Å². The first-order valence-corrected chi connectivity index (χ1v) is 11.7. The summed E-state index contributed by atoms with van der Waals surface area (Å²) in [4.78, 5) is 35.1. The number of hydrogen-bond donors (Lipinski definition) is 1. The molecule has 0 aliphatic heterocycles. The molecule has 0 spiro atoms. The minimum atomic E-state index is -0.0814. The molecular weight excluding hydrogens is 406 g/mol. The van der Waals surface area contributed by atoms with Gasteiger partial charge in [-0.05, 0) is 51.2 Å². The molecule has 4 rings (SSSR count). The lowest BCUT2D eigenvalue weighted by Crippen LogP contribution is -2.12. The van der Waals surface area contributed by atoms with Crippen LogP contribution in [0, 0.1) is 13.8 Å². The van der Waals surface area contributed by atoms with Gasteiger partial charge in [0.15, 0.2) is 10.9 Å². The number of methoxy groups -OCH3 is 1. The second kappa shape index (κ2) is 8.45. The Hall–Kier alpha value is -1.90. The number of thiophene rings is 1. The first-order valence-electron chi connectivity index (χ1n) is 9.85. The van der Waals surface area contributed by atoms with Crippen LogP contribution in [0.25, 0.3) is 10.2 Å². The van der Waals surface area contributed by atoms with Crippen molar-refractivity contribution in [1.82, 2.24) is 14.5 Å². The predicted molar refractivity (Wildman–Crippen MR) is 118 cm³/mol. The van der Waals surface area contributed by atoms with Gasteiger partial charge in [0.1, 0.15) is 4.83 Å². The summed E-state index contributed by atoms with van der Waals surface area (Å²) >= 11 is 2.93. The molecule has 0 amide bonds. The number of thioether (sulfide) groups is 1. The molecule has 0 atom stereocenters. The van der Waals surface area contributed by atoms with Gasteiger partial charge in [-0.15, -0.1) is 11.3 Å². The van der Waals surface area contributed by atoms with Crippen LogP contribution in [0.2, 0.25) is 0 Å². The number of aromatic amines is 1. The van der Waals surface area contributed by atoms with E-state index >= 15 is 0 Å². The number of H-pyrrole nitrogens is 1. The van der Waals surface area contributed by atoms with Gasteiger partial charge in [-0.3, -0.25) is 9.59 Å². The van der Waals surface area contributed by atoms with E-state index in [9.17, 15) is 9.59 Å². The average Bonchev–Trinajstić information content (AvgIpc) is 3.22. The van der Waals surface area contributed by atoms with E-state index < -0.39 is 0 Å². The number of hydrogen-bond acceptors (Lipinski definition) is 6. The lowest BCUT2D eigenvalue weighted by atomic mass is 9.97. The molecule has 29 heavy (non-hydrogen) atoms. The Morgan fingerprint density at radius 3 is 2.93 bits per heavy atom. The van der Waals surface area contributed by atoms with Gasteiger partial charge in [-0.1, -0.05) is 11.8 Å². The molecule has 3 aromatic rings. The van der Waals surface area contributed by atoms with Crippen molar-refractivity contribution >= 4 is 39.1 Å². The molecular formula is C21H25N3O3S2. The normalized spacial score (nSPS) is 13.8. The molecule has 3 aromatic heterocycles. The number of fused-ring (bicyclic) bond motifs is 3. The summed E-state index contributed by atoms with van der Waals surface area (Å²) < 4.78 is 7.26. The molecule has 1 aliphatic carbocycles. The van der Waals surface area contributed by atoms with Crippen molar-refractivity contribution in [2.75, 3.05) is 19.5 Å². The highest BCUT2D eigenvalue weighted by Crippen LogP contribution is 2.34. The zero-order valence-corrected chi connectivity index (χ0v) is 18.6. The number of nitrogens with one attached hydrogen (secondary N) is 1. The largest absolute Gasteiger partial charge is 0.383 e. The molecule has 0 fully saturated rings. The van der Waals surface area contributed by atoms with Gasteiger partial charge in [0, 0.05) is 35.5 Å². The predicted octanol–water partition coefficient (Wildman–Crippen LogP) is 3.90. The monoisotopic (exact) mass is 431 g/mol. The average molecular weight is 432 g/mol. The minimum absolute atomic E-state index is 0.0417. The van der Waals surface area contributed by atoms with Crippen molar-refractivity contribution in [3.8, 4) is 0 Å². The maximum atomic E-state index is 12.8. The number of carbonyl (C=O) groups is 1. The number of ether oxygens (including phenoxy) is 1. The first kappa shape index (κ1) is 20.4. The van der Waals surface area contributed by atoms with Gasteiger partial charge in [0.25, 0.3) is 5.56 Å². The van der Waals surface area contributed by atoms with Crippen molar-refractivity contribution in [1.29, 1.82) is 0 Å². The summed E-state index contributed by atoms with van der Waals surface area (Å²) in [6.45, 7) is 5.29. The summed E-state index contributed by atoms with van der Waals surface area (Å²) in [6.07, 6.45) is 4.31. The van der Waals surface area contributed by atoms with Crippen LogP contribution in [0.1, 0.15) is 45.0 Å². The third-order valence-electron chi connectivity index (χ3n) is 5.54. The van der Waals surface area contributed by atoms with E-state index in [4.69, 9.17) is 4.74 Å². The van der Waals surface area contributed by atoms with Crippen molar-refractivity contribution in [2.24, 2.45) is 0 Å². The number of carbonyl (C=O) groups excluding carboxylic acids is 1. The molecule has 0 saturated heterocycles. The van der Waals surface area contributed by atoms with Crippen LogP contribution in [0.3, 0.4) is 0 Å². The second-order valence-corrected chi connectivity index (χ2v) is 9.45. The lowest BCUT2D eigenvalue weighted by Gasteiger charge is -2.09. The molecule has 0 unspecified atom stereocenters. The maximum Gasteiger partial charge on any atom is 0.260 e. The lowest BCUT2D eigenvalue weighted by molar-refractivity contribution is 0.102. The van der Waals surface area contributed by atoms with Gasteiger partial charge in [-0.25, -0.2) is 4.98 Å². The Balaban J connectivity index is 1.53. The fourth-order valence-corrected chi connectivity index (χ4v) is 6.10. The molecule has 0 aromatic carbocycles. The second-order valence-electron chi connectivity index (χ2n) is 7.40. The van der Waals surface area contributed by atoms with Gasteiger partial charge in [-0.2, -0.15) is 0 Å². The summed E-state index contributed by atoms with van der Waals surface area (Å²) in [7, 11) is 1.67. The first-order chi connectivity index (χ1) is 14.0. The van der Waals surface area contributed by atoms with Crippen molar-refractivity contribution < 1.29 is 9.53 Å². The zero-order chi connectivity index (χ0) is 20.5. The van der Waals surface area contributed by atoms with Crippen LogP contribution in [0.15, 0.2) is 16.0 Å².